The van der Waals surface area contributed by atoms with E-state index < -0.39 is 23.8 Å². The van der Waals surface area contributed by atoms with Crippen molar-refractivity contribution in [2.75, 3.05) is 0 Å². The standard InChI is InChI=1S/C5H3F3N2O3/c6-5(7,8)13-2-1-9-10-3(2)4(11)12/h1H,(H,9,10)(H,11,12). The highest BCUT2D eigenvalue weighted by molar-refractivity contribution is 5.88. The second-order valence-electron chi connectivity index (χ2n) is 1.96. The Hall–Kier alpha value is -1.73. The molecular weight excluding hydrogens is 193 g/mol. The van der Waals surface area contributed by atoms with Crippen LogP contribution >= 0.6 is 0 Å². The number of ether oxygens (including phenoxy) is 1. The average Bonchev–Trinajstić information content (AvgIpc) is 2.31. The van der Waals surface area contributed by atoms with Gasteiger partial charge in [-0.2, -0.15) is 5.10 Å². The molecule has 0 atom stereocenters. The van der Waals surface area contributed by atoms with Gasteiger partial charge in [-0.15, -0.1) is 13.2 Å². The lowest BCUT2D eigenvalue weighted by molar-refractivity contribution is -0.274. The molecule has 0 bridgehead atoms. The number of carboxylic acids is 1. The number of rotatable bonds is 2. The number of aromatic carboxylic acids is 1. The summed E-state index contributed by atoms with van der Waals surface area (Å²) < 4.78 is 38.2. The predicted octanol–water partition coefficient (Wildman–Crippen LogP) is 1.01. The number of carboxylic acid groups (broad SMARTS) is 1. The van der Waals surface area contributed by atoms with Crippen molar-refractivity contribution in [3.05, 3.63) is 11.9 Å². The van der Waals surface area contributed by atoms with Crippen LogP contribution in [0.1, 0.15) is 10.5 Å². The number of aromatic amines is 1. The van der Waals surface area contributed by atoms with Crippen LogP contribution in [0.5, 0.6) is 5.75 Å². The number of halogens is 3. The first-order valence-electron chi connectivity index (χ1n) is 2.92. The number of nitrogens with one attached hydrogen (secondary N) is 1. The minimum atomic E-state index is -4.92. The SMILES string of the molecule is O=C(O)c1[nH]ncc1OC(F)(F)F. The third kappa shape index (κ3) is 2.36. The van der Waals surface area contributed by atoms with Crippen molar-refractivity contribution in [3.8, 4) is 5.75 Å². The van der Waals surface area contributed by atoms with Gasteiger partial charge >= 0.3 is 12.3 Å². The molecule has 0 aliphatic rings. The van der Waals surface area contributed by atoms with E-state index in [1.54, 1.807) is 0 Å². The van der Waals surface area contributed by atoms with Crippen LogP contribution in [0.2, 0.25) is 0 Å². The van der Waals surface area contributed by atoms with Gasteiger partial charge in [0.1, 0.15) is 0 Å². The normalized spacial score (nSPS) is 11.3. The lowest BCUT2D eigenvalue weighted by Gasteiger charge is -2.06. The maximum absolute atomic E-state index is 11.6. The fraction of sp³-hybridized carbons (Fsp3) is 0.200. The fourth-order valence-electron chi connectivity index (χ4n) is 0.630. The largest absolute Gasteiger partial charge is 0.573 e. The van der Waals surface area contributed by atoms with Crippen LogP contribution in [0.25, 0.3) is 0 Å². The predicted molar refractivity (Wildman–Crippen MR) is 32.2 cm³/mol. The zero-order valence-corrected chi connectivity index (χ0v) is 5.92. The molecule has 0 aliphatic heterocycles. The van der Waals surface area contributed by atoms with Crippen molar-refractivity contribution >= 4 is 5.97 Å². The Labute approximate surface area is 69.1 Å². The van der Waals surface area contributed by atoms with E-state index in [9.17, 15) is 18.0 Å². The summed E-state index contributed by atoms with van der Waals surface area (Å²) in [6.07, 6.45) is -4.29. The second-order valence-corrected chi connectivity index (χ2v) is 1.96. The Morgan fingerprint density at radius 3 is 2.69 bits per heavy atom. The van der Waals surface area contributed by atoms with Crippen molar-refractivity contribution in [1.29, 1.82) is 0 Å². The number of H-pyrrole nitrogens is 1. The molecule has 13 heavy (non-hydrogen) atoms. The van der Waals surface area contributed by atoms with E-state index in [4.69, 9.17) is 5.11 Å². The van der Waals surface area contributed by atoms with Gasteiger partial charge in [0.05, 0.1) is 6.20 Å². The molecule has 0 aliphatic carbocycles. The van der Waals surface area contributed by atoms with Gasteiger partial charge in [-0.25, -0.2) is 4.79 Å². The highest BCUT2D eigenvalue weighted by atomic mass is 19.4. The Balaban J connectivity index is 2.89. The number of aromatic nitrogens is 2. The average molecular weight is 196 g/mol. The summed E-state index contributed by atoms with van der Waals surface area (Å²) in [6, 6.07) is 0. The molecule has 2 N–H and O–H groups in total. The molecule has 72 valence electrons. The zero-order valence-electron chi connectivity index (χ0n) is 5.92. The lowest BCUT2D eigenvalue weighted by Crippen LogP contribution is -2.18. The number of hydrogen-bond acceptors (Lipinski definition) is 3. The Kier molecular flexibility index (Phi) is 2.13. The molecule has 0 spiro atoms. The number of alkyl halides is 3. The summed E-state index contributed by atoms with van der Waals surface area (Å²) in [4.78, 5) is 10.3. The second kappa shape index (κ2) is 2.96. The van der Waals surface area contributed by atoms with E-state index >= 15 is 0 Å². The first kappa shape index (κ1) is 9.36. The van der Waals surface area contributed by atoms with Gasteiger partial charge in [-0.05, 0) is 0 Å². The smallest absolute Gasteiger partial charge is 0.476 e. The summed E-state index contributed by atoms with van der Waals surface area (Å²) in [7, 11) is 0. The topological polar surface area (TPSA) is 75.2 Å². The first-order valence-corrected chi connectivity index (χ1v) is 2.92. The third-order valence-electron chi connectivity index (χ3n) is 1.04. The van der Waals surface area contributed by atoms with E-state index in [2.05, 4.69) is 9.84 Å². The molecule has 1 rings (SSSR count). The minimum Gasteiger partial charge on any atom is -0.476 e. The highest BCUT2D eigenvalue weighted by Gasteiger charge is 2.33. The summed E-state index contributed by atoms with van der Waals surface area (Å²) in [5.41, 5.74) is -0.739. The maximum Gasteiger partial charge on any atom is 0.573 e. The van der Waals surface area contributed by atoms with Gasteiger partial charge in [-0.3, -0.25) is 5.10 Å². The van der Waals surface area contributed by atoms with Gasteiger partial charge in [0.15, 0.2) is 11.4 Å². The van der Waals surface area contributed by atoms with Crippen LogP contribution in [0.15, 0.2) is 6.20 Å². The summed E-state index contributed by atoms with van der Waals surface area (Å²) >= 11 is 0. The molecule has 0 amide bonds. The van der Waals surface area contributed by atoms with Crippen molar-refractivity contribution in [3.63, 3.8) is 0 Å². The van der Waals surface area contributed by atoms with E-state index in [1.807, 2.05) is 5.10 Å². The fourth-order valence-corrected chi connectivity index (χ4v) is 0.630. The van der Waals surface area contributed by atoms with Gasteiger partial charge < -0.3 is 9.84 Å². The van der Waals surface area contributed by atoms with Gasteiger partial charge in [0.25, 0.3) is 0 Å². The summed E-state index contributed by atoms with van der Waals surface area (Å²) in [5.74, 6) is -2.43. The molecular formula is C5H3F3N2O3. The molecule has 0 saturated carbocycles. The molecule has 5 nitrogen and oxygen atoms in total. The van der Waals surface area contributed by atoms with E-state index in [0.29, 0.717) is 6.20 Å². The van der Waals surface area contributed by atoms with Gasteiger partial charge in [0, 0.05) is 0 Å². The Morgan fingerprint density at radius 2 is 2.23 bits per heavy atom. The van der Waals surface area contributed by atoms with Gasteiger partial charge in [-0.1, -0.05) is 0 Å². The summed E-state index contributed by atoms with van der Waals surface area (Å²) in [5, 5.41) is 13.3. The number of nitrogens with zero attached hydrogens (tertiary/aromatic N) is 1. The third-order valence-corrected chi connectivity index (χ3v) is 1.04. The molecule has 1 heterocycles. The van der Waals surface area contributed by atoms with Crippen LogP contribution in [0.4, 0.5) is 13.2 Å². The highest BCUT2D eigenvalue weighted by Crippen LogP contribution is 2.24. The Morgan fingerprint density at radius 1 is 1.62 bits per heavy atom. The van der Waals surface area contributed by atoms with Gasteiger partial charge in [0.2, 0.25) is 0 Å². The van der Waals surface area contributed by atoms with E-state index in [-0.39, 0.29) is 0 Å². The quantitative estimate of drug-likeness (QED) is 0.739. The zero-order chi connectivity index (χ0) is 10.1. The summed E-state index contributed by atoms with van der Waals surface area (Å²) in [6.45, 7) is 0. The lowest BCUT2D eigenvalue weighted by atomic mass is 10.4. The molecule has 0 saturated heterocycles. The molecule has 1 aromatic rings. The van der Waals surface area contributed by atoms with Crippen LogP contribution in [-0.2, 0) is 0 Å². The van der Waals surface area contributed by atoms with Crippen molar-refractivity contribution < 1.29 is 27.8 Å². The monoisotopic (exact) mass is 196 g/mol. The van der Waals surface area contributed by atoms with Crippen molar-refractivity contribution in [1.82, 2.24) is 10.2 Å². The van der Waals surface area contributed by atoms with Crippen LogP contribution in [0, 0.1) is 0 Å². The molecule has 0 fully saturated rings. The van der Waals surface area contributed by atoms with E-state index in [0.717, 1.165) is 0 Å². The molecule has 0 unspecified atom stereocenters. The Bertz CT molecular complexity index is 319. The van der Waals surface area contributed by atoms with Crippen LogP contribution in [-0.4, -0.2) is 27.6 Å². The molecule has 1 aromatic heterocycles. The molecule has 0 radical (unpaired) electrons. The number of carbonyl (C=O) groups is 1. The van der Waals surface area contributed by atoms with Crippen molar-refractivity contribution in [2.45, 2.75) is 6.36 Å². The first-order chi connectivity index (χ1) is 5.90. The maximum atomic E-state index is 11.6. The molecule has 0 aromatic carbocycles. The van der Waals surface area contributed by atoms with Crippen LogP contribution in [0.3, 0.4) is 0 Å². The van der Waals surface area contributed by atoms with Crippen LogP contribution < -0.4 is 4.74 Å². The number of hydrogen-bond donors (Lipinski definition) is 2. The molecule has 8 heteroatoms. The minimum absolute atomic E-state index is 0.636. The van der Waals surface area contributed by atoms with Crippen molar-refractivity contribution in [2.24, 2.45) is 0 Å². The van der Waals surface area contributed by atoms with E-state index in [1.165, 1.54) is 0 Å².